The van der Waals surface area contributed by atoms with Gasteiger partial charge in [0.2, 0.25) is 0 Å². The fourth-order valence-corrected chi connectivity index (χ4v) is 2.96. The van der Waals surface area contributed by atoms with Crippen molar-refractivity contribution in [1.82, 2.24) is 25.0 Å². The standard InChI is InChI=1S/C19H18N6O/c1-3-25-11-13(9-22-25)18-15(10-21-24-18)19(26)23-16-7-6-12(2)17-14(16)5-4-8-20-17/h4-11H,3H2,1-2H3,(H,21,24)(H,23,26). The maximum Gasteiger partial charge on any atom is 0.259 e. The quantitative estimate of drug-likeness (QED) is 0.593. The maximum atomic E-state index is 12.9. The third kappa shape index (κ3) is 2.73. The zero-order valence-electron chi connectivity index (χ0n) is 14.5. The lowest BCUT2D eigenvalue weighted by Gasteiger charge is -2.10. The highest BCUT2D eigenvalue weighted by Gasteiger charge is 2.17. The molecule has 1 aromatic carbocycles. The molecule has 3 aromatic heterocycles. The number of rotatable bonds is 4. The van der Waals surface area contributed by atoms with Gasteiger partial charge in [0.1, 0.15) is 0 Å². The number of benzene rings is 1. The van der Waals surface area contributed by atoms with Crippen LogP contribution in [0.25, 0.3) is 22.2 Å². The van der Waals surface area contributed by atoms with E-state index in [1.807, 2.05) is 44.3 Å². The van der Waals surface area contributed by atoms with Crippen molar-refractivity contribution in [2.24, 2.45) is 0 Å². The molecule has 2 N–H and O–H groups in total. The van der Waals surface area contributed by atoms with Crippen LogP contribution < -0.4 is 5.32 Å². The molecule has 0 saturated heterocycles. The molecule has 130 valence electrons. The summed E-state index contributed by atoms with van der Waals surface area (Å²) in [5.74, 6) is -0.230. The Bertz CT molecular complexity index is 1090. The predicted octanol–water partition coefficient (Wildman–Crippen LogP) is 3.40. The number of aromatic nitrogens is 5. The molecular formula is C19H18N6O. The Hall–Kier alpha value is -3.48. The number of H-pyrrole nitrogens is 1. The number of amides is 1. The van der Waals surface area contributed by atoms with Gasteiger partial charge in [0, 0.05) is 29.9 Å². The summed E-state index contributed by atoms with van der Waals surface area (Å²) in [4.78, 5) is 17.3. The highest BCUT2D eigenvalue weighted by atomic mass is 16.1. The Balaban J connectivity index is 1.68. The van der Waals surface area contributed by atoms with Gasteiger partial charge in [-0.1, -0.05) is 6.07 Å². The number of nitrogens with zero attached hydrogens (tertiary/aromatic N) is 4. The molecule has 0 spiro atoms. The average Bonchev–Trinajstić information content (AvgIpc) is 3.33. The van der Waals surface area contributed by atoms with Gasteiger partial charge in [0.25, 0.3) is 5.91 Å². The molecule has 7 heteroatoms. The molecule has 0 aliphatic rings. The van der Waals surface area contributed by atoms with Gasteiger partial charge in [-0.05, 0) is 37.6 Å². The minimum Gasteiger partial charge on any atom is -0.321 e. The molecule has 0 fully saturated rings. The van der Waals surface area contributed by atoms with Crippen LogP contribution in [0.4, 0.5) is 5.69 Å². The van der Waals surface area contributed by atoms with E-state index < -0.39 is 0 Å². The van der Waals surface area contributed by atoms with Crippen molar-refractivity contribution in [3.8, 4) is 11.3 Å². The molecule has 3 heterocycles. The van der Waals surface area contributed by atoms with Crippen LogP contribution in [0.5, 0.6) is 0 Å². The van der Waals surface area contributed by atoms with Crippen LogP contribution in [0.2, 0.25) is 0 Å². The van der Waals surface area contributed by atoms with Gasteiger partial charge in [0.05, 0.1) is 34.9 Å². The van der Waals surface area contributed by atoms with Gasteiger partial charge < -0.3 is 5.32 Å². The van der Waals surface area contributed by atoms with Crippen molar-refractivity contribution in [3.05, 3.63) is 60.2 Å². The summed E-state index contributed by atoms with van der Waals surface area (Å²) >= 11 is 0. The average molecular weight is 346 g/mol. The number of carbonyl (C=O) groups excluding carboxylic acids is 1. The summed E-state index contributed by atoms with van der Waals surface area (Å²) in [5, 5.41) is 15.1. The summed E-state index contributed by atoms with van der Waals surface area (Å²) < 4.78 is 1.80. The van der Waals surface area contributed by atoms with Crippen molar-refractivity contribution in [1.29, 1.82) is 0 Å². The van der Waals surface area contributed by atoms with E-state index in [2.05, 4.69) is 25.6 Å². The highest BCUT2D eigenvalue weighted by Crippen LogP contribution is 2.26. The van der Waals surface area contributed by atoms with Crippen LogP contribution in [-0.2, 0) is 6.54 Å². The first kappa shape index (κ1) is 16.0. The van der Waals surface area contributed by atoms with Crippen LogP contribution in [0.3, 0.4) is 0 Å². The molecule has 4 aromatic rings. The Morgan fingerprint density at radius 2 is 2.15 bits per heavy atom. The summed E-state index contributed by atoms with van der Waals surface area (Å²) in [5.41, 5.74) is 4.61. The lowest BCUT2D eigenvalue weighted by Crippen LogP contribution is -2.12. The molecule has 0 radical (unpaired) electrons. The minimum absolute atomic E-state index is 0.230. The van der Waals surface area contributed by atoms with E-state index in [1.165, 1.54) is 6.20 Å². The van der Waals surface area contributed by atoms with Crippen LogP contribution in [-0.4, -0.2) is 30.9 Å². The van der Waals surface area contributed by atoms with E-state index in [0.29, 0.717) is 11.3 Å². The Labute approximate surface area is 150 Å². The maximum absolute atomic E-state index is 12.9. The highest BCUT2D eigenvalue weighted by molar-refractivity contribution is 6.11. The lowest BCUT2D eigenvalue weighted by molar-refractivity contribution is 0.102. The van der Waals surface area contributed by atoms with E-state index in [9.17, 15) is 4.79 Å². The van der Waals surface area contributed by atoms with E-state index in [-0.39, 0.29) is 5.91 Å². The second kappa shape index (κ2) is 6.44. The number of fused-ring (bicyclic) bond motifs is 1. The van der Waals surface area contributed by atoms with Gasteiger partial charge in [0.15, 0.2) is 0 Å². The predicted molar refractivity (Wildman–Crippen MR) is 99.9 cm³/mol. The normalized spacial score (nSPS) is 11.0. The third-order valence-corrected chi connectivity index (χ3v) is 4.35. The summed E-state index contributed by atoms with van der Waals surface area (Å²) in [6.07, 6.45) is 6.89. The minimum atomic E-state index is -0.230. The first-order valence-electron chi connectivity index (χ1n) is 8.39. The van der Waals surface area contributed by atoms with E-state index in [0.717, 1.165) is 34.3 Å². The Morgan fingerprint density at radius 3 is 2.96 bits per heavy atom. The van der Waals surface area contributed by atoms with Crippen molar-refractivity contribution in [2.75, 3.05) is 5.32 Å². The number of anilines is 1. The van der Waals surface area contributed by atoms with Crippen molar-refractivity contribution in [2.45, 2.75) is 20.4 Å². The smallest absolute Gasteiger partial charge is 0.259 e. The van der Waals surface area contributed by atoms with Gasteiger partial charge >= 0.3 is 0 Å². The molecule has 0 bridgehead atoms. The number of carbonyl (C=O) groups is 1. The van der Waals surface area contributed by atoms with Crippen LogP contribution in [0, 0.1) is 6.92 Å². The molecular weight excluding hydrogens is 328 g/mol. The van der Waals surface area contributed by atoms with Crippen molar-refractivity contribution < 1.29 is 4.79 Å². The van der Waals surface area contributed by atoms with Gasteiger partial charge in [-0.2, -0.15) is 10.2 Å². The van der Waals surface area contributed by atoms with Gasteiger partial charge in [-0.25, -0.2) is 0 Å². The number of hydrogen-bond acceptors (Lipinski definition) is 4. The Kier molecular flexibility index (Phi) is 3.96. The number of nitrogens with one attached hydrogen (secondary N) is 2. The number of hydrogen-bond donors (Lipinski definition) is 2. The van der Waals surface area contributed by atoms with E-state index >= 15 is 0 Å². The monoisotopic (exact) mass is 346 g/mol. The van der Waals surface area contributed by atoms with Crippen LogP contribution in [0.1, 0.15) is 22.8 Å². The number of aryl methyl sites for hydroxylation is 2. The molecule has 26 heavy (non-hydrogen) atoms. The lowest BCUT2D eigenvalue weighted by atomic mass is 10.1. The second-order valence-electron chi connectivity index (χ2n) is 6.03. The molecule has 0 aliphatic carbocycles. The topological polar surface area (TPSA) is 88.5 Å². The molecule has 0 aliphatic heterocycles. The van der Waals surface area contributed by atoms with Crippen LogP contribution >= 0.6 is 0 Å². The van der Waals surface area contributed by atoms with E-state index in [4.69, 9.17) is 0 Å². The van der Waals surface area contributed by atoms with Crippen molar-refractivity contribution >= 4 is 22.5 Å². The van der Waals surface area contributed by atoms with Crippen molar-refractivity contribution in [3.63, 3.8) is 0 Å². The summed E-state index contributed by atoms with van der Waals surface area (Å²) in [7, 11) is 0. The van der Waals surface area contributed by atoms with Crippen LogP contribution in [0.15, 0.2) is 49.1 Å². The fourth-order valence-electron chi connectivity index (χ4n) is 2.96. The zero-order chi connectivity index (χ0) is 18.1. The fraction of sp³-hybridized carbons (Fsp3) is 0.158. The Morgan fingerprint density at radius 1 is 1.27 bits per heavy atom. The molecule has 4 rings (SSSR count). The van der Waals surface area contributed by atoms with Gasteiger partial charge in [-0.3, -0.25) is 19.6 Å². The third-order valence-electron chi connectivity index (χ3n) is 4.35. The molecule has 0 atom stereocenters. The van der Waals surface area contributed by atoms with Gasteiger partial charge in [-0.15, -0.1) is 0 Å². The summed E-state index contributed by atoms with van der Waals surface area (Å²) in [6, 6.07) is 7.66. The number of pyridine rings is 1. The first-order chi connectivity index (χ1) is 12.7. The molecule has 7 nitrogen and oxygen atoms in total. The SMILES string of the molecule is CCn1cc(-c2[nH]ncc2C(=O)Nc2ccc(C)c3ncccc23)cn1. The zero-order valence-corrected chi connectivity index (χ0v) is 14.5. The molecule has 0 saturated carbocycles. The first-order valence-corrected chi connectivity index (χ1v) is 8.39. The number of aromatic amines is 1. The second-order valence-corrected chi connectivity index (χ2v) is 6.03. The van der Waals surface area contributed by atoms with E-state index in [1.54, 1.807) is 17.1 Å². The largest absolute Gasteiger partial charge is 0.321 e. The summed E-state index contributed by atoms with van der Waals surface area (Å²) in [6.45, 7) is 4.77. The molecule has 0 unspecified atom stereocenters. The molecule has 1 amide bonds.